The molecule has 0 aromatic rings. The third-order valence-corrected chi connectivity index (χ3v) is 1.22. The van der Waals surface area contributed by atoms with Gasteiger partial charge in [0.15, 0.2) is 0 Å². The minimum Gasteiger partial charge on any atom is -0.394 e. The SMILES string of the molecule is ClCCOCCCl.OCCOCCO. The zero-order chi connectivity index (χ0) is 11.1. The summed E-state index contributed by atoms with van der Waals surface area (Å²) in [4.78, 5) is 0. The molecule has 0 rings (SSSR count). The summed E-state index contributed by atoms with van der Waals surface area (Å²) in [6.45, 7) is 1.91. The predicted molar refractivity (Wildman–Crippen MR) is 57.2 cm³/mol. The van der Waals surface area contributed by atoms with Crippen molar-refractivity contribution in [2.24, 2.45) is 0 Å². The van der Waals surface area contributed by atoms with Crippen molar-refractivity contribution in [2.75, 3.05) is 51.4 Å². The van der Waals surface area contributed by atoms with Crippen LogP contribution < -0.4 is 0 Å². The highest BCUT2D eigenvalue weighted by Crippen LogP contribution is 1.80. The van der Waals surface area contributed by atoms with Gasteiger partial charge in [-0.1, -0.05) is 0 Å². The quantitative estimate of drug-likeness (QED) is 0.485. The molecule has 0 fully saturated rings. The van der Waals surface area contributed by atoms with Crippen LogP contribution in [-0.4, -0.2) is 61.6 Å². The van der Waals surface area contributed by atoms with Crippen molar-refractivity contribution in [2.45, 2.75) is 0 Å². The van der Waals surface area contributed by atoms with E-state index >= 15 is 0 Å². The third-order valence-electron chi connectivity index (χ3n) is 0.914. The van der Waals surface area contributed by atoms with Crippen molar-refractivity contribution in [3.05, 3.63) is 0 Å². The van der Waals surface area contributed by atoms with Gasteiger partial charge in [-0.05, 0) is 0 Å². The van der Waals surface area contributed by atoms with Crippen LogP contribution in [0.3, 0.4) is 0 Å². The van der Waals surface area contributed by atoms with Crippen LogP contribution in [0.2, 0.25) is 0 Å². The summed E-state index contributed by atoms with van der Waals surface area (Å²) < 4.78 is 9.50. The molecule has 0 aromatic carbocycles. The number of aliphatic hydroxyl groups excluding tert-OH is 2. The fourth-order valence-corrected chi connectivity index (χ4v) is 0.661. The largest absolute Gasteiger partial charge is 0.394 e. The summed E-state index contributed by atoms with van der Waals surface area (Å²) >= 11 is 10.5. The first-order valence-electron chi connectivity index (χ1n) is 4.32. The van der Waals surface area contributed by atoms with Gasteiger partial charge in [0.2, 0.25) is 0 Å². The van der Waals surface area contributed by atoms with Gasteiger partial charge >= 0.3 is 0 Å². The van der Waals surface area contributed by atoms with Gasteiger partial charge in [-0.3, -0.25) is 0 Å². The standard InChI is InChI=1S/C4H8Cl2O.C4H10O3/c2*5-1-3-7-4-2-6/h1-4H2;5-6H,1-4H2. The fourth-order valence-electron chi connectivity index (χ4n) is 0.442. The van der Waals surface area contributed by atoms with Gasteiger partial charge in [0.05, 0.1) is 39.6 Å². The molecule has 0 amide bonds. The third kappa shape index (κ3) is 22.8. The molecule has 0 radical (unpaired) electrons. The molecule has 0 aliphatic rings. The highest BCUT2D eigenvalue weighted by molar-refractivity contribution is 6.18. The van der Waals surface area contributed by atoms with Crippen molar-refractivity contribution in [3.63, 3.8) is 0 Å². The Labute approximate surface area is 94.7 Å². The smallest absolute Gasteiger partial charge is 0.0698 e. The molecular formula is C8H18Cl2O4. The molecule has 6 heteroatoms. The first-order valence-corrected chi connectivity index (χ1v) is 5.39. The maximum absolute atomic E-state index is 8.09. The minimum absolute atomic E-state index is 0.0278. The van der Waals surface area contributed by atoms with E-state index in [0.717, 1.165) is 0 Å². The molecule has 14 heavy (non-hydrogen) atoms. The first-order chi connectivity index (χ1) is 6.83. The summed E-state index contributed by atoms with van der Waals surface area (Å²) in [5.41, 5.74) is 0. The van der Waals surface area contributed by atoms with Gasteiger partial charge in [0.25, 0.3) is 0 Å². The molecule has 0 aromatic heterocycles. The Morgan fingerprint density at radius 2 is 1.07 bits per heavy atom. The Balaban J connectivity index is 0. The molecule has 0 aliphatic heterocycles. The molecule has 0 saturated heterocycles. The minimum atomic E-state index is 0.0278. The highest BCUT2D eigenvalue weighted by atomic mass is 35.5. The predicted octanol–water partition coefficient (Wildman–Crippen LogP) is 0.468. The van der Waals surface area contributed by atoms with Crippen LogP contribution in [-0.2, 0) is 9.47 Å². The van der Waals surface area contributed by atoms with E-state index in [0.29, 0.717) is 38.2 Å². The number of halogens is 2. The lowest BCUT2D eigenvalue weighted by Crippen LogP contribution is -2.03. The molecule has 0 atom stereocenters. The summed E-state index contributed by atoms with van der Waals surface area (Å²) in [6.07, 6.45) is 0. The number of hydrogen-bond donors (Lipinski definition) is 2. The van der Waals surface area contributed by atoms with Crippen LogP contribution in [0.5, 0.6) is 0 Å². The Morgan fingerprint density at radius 3 is 1.36 bits per heavy atom. The molecule has 0 saturated carbocycles. The Hall–Kier alpha value is 0.420. The van der Waals surface area contributed by atoms with Gasteiger partial charge in [0, 0.05) is 11.8 Å². The molecule has 0 aliphatic carbocycles. The van der Waals surface area contributed by atoms with Crippen LogP contribution in [0.25, 0.3) is 0 Å². The summed E-state index contributed by atoms with van der Waals surface area (Å²) in [5.74, 6) is 1.10. The van der Waals surface area contributed by atoms with Crippen LogP contribution in [0, 0.1) is 0 Å². The highest BCUT2D eigenvalue weighted by Gasteiger charge is 1.80. The van der Waals surface area contributed by atoms with Crippen molar-refractivity contribution in [1.29, 1.82) is 0 Å². The Kier molecular flexibility index (Phi) is 22.9. The van der Waals surface area contributed by atoms with Crippen LogP contribution in [0.4, 0.5) is 0 Å². The van der Waals surface area contributed by atoms with E-state index in [9.17, 15) is 0 Å². The van der Waals surface area contributed by atoms with Crippen molar-refractivity contribution < 1.29 is 19.7 Å². The topological polar surface area (TPSA) is 58.9 Å². The van der Waals surface area contributed by atoms with Crippen molar-refractivity contribution in [3.8, 4) is 0 Å². The summed E-state index contributed by atoms with van der Waals surface area (Å²) in [7, 11) is 0. The molecule has 0 spiro atoms. The van der Waals surface area contributed by atoms with E-state index in [1.54, 1.807) is 0 Å². The van der Waals surface area contributed by atoms with E-state index in [1.807, 2.05) is 0 Å². The van der Waals surface area contributed by atoms with E-state index in [2.05, 4.69) is 4.74 Å². The molecule has 0 heterocycles. The van der Waals surface area contributed by atoms with Crippen molar-refractivity contribution in [1.82, 2.24) is 0 Å². The second-order valence-corrected chi connectivity index (χ2v) is 2.81. The van der Waals surface area contributed by atoms with Crippen LogP contribution in [0.1, 0.15) is 0 Å². The second-order valence-electron chi connectivity index (χ2n) is 2.05. The lowest BCUT2D eigenvalue weighted by Gasteiger charge is -1.94. The zero-order valence-electron chi connectivity index (χ0n) is 8.12. The average molecular weight is 249 g/mol. The number of rotatable bonds is 8. The van der Waals surface area contributed by atoms with Gasteiger partial charge in [-0.2, -0.15) is 0 Å². The Morgan fingerprint density at radius 1 is 0.714 bits per heavy atom. The fraction of sp³-hybridized carbons (Fsp3) is 1.00. The molecule has 2 N–H and O–H groups in total. The van der Waals surface area contributed by atoms with Gasteiger partial charge in [-0.25, -0.2) is 0 Å². The molecular weight excluding hydrogens is 231 g/mol. The monoisotopic (exact) mass is 248 g/mol. The molecule has 4 nitrogen and oxygen atoms in total. The van der Waals surface area contributed by atoms with Crippen molar-refractivity contribution >= 4 is 23.2 Å². The van der Waals surface area contributed by atoms with Crippen LogP contribution >= 0.6 is 23.2 Å². The maximum atomic E-state index is 8.09. The van der Waals surface area contributed by atoms with E-state index < -0.39 is 0 Å². The van der Waals surface area contributed by atoms with Gasteiger partial charge < -0.3 is 19.7 Å². The number of aliphatic hydroxyl groups is 2. The summed E-state index contributed by atoms with van der Waals surface area (Å²) in [5, 5.41) is 16.2. The zero-order valence-corrected chi connectivity index (χ0v) is 9.64. The normalized spacial score (nSPS) is 9.43. The van der Waals surface area contributed by atoms with E-state index in [1.165, 1.54) is 0 Å². The second kappa shape index (κ2) is 19.1. The maximum Gasteiger partial charge on any atom is 0.0698 e. The number of alkyl halides is 2. The van der Waals surface area contributed by atoms with Crippen LogP contribution in [0.15, 0.2) is 0 Å². The molecule has 88 valence electrons. The Bertz CT molecular complexity index is 67.7. The van der Waals surface area contributed by atoms with Gasteiger partial charge in [0.1, 0.15) is 0 Å². The first kappa shape index (κ1) is 16.8. The van der Waals surface area contributed by atoms with E-state index in [4.69, 9.17) is 38.2 Å². The molecule has 0 unspecified atom stereocenters. The van der Waals surface area contributed by atoms with Gasteiger partial charge in [-0.15, -0.1) is 23.2 Å². The molecule has 0 bridgehead atoms. The lowest BCUT2D eigenvalue weighted by atomic mass is 10.7. The summed E-state index contributed by atoms with van der Waals surface area (Å²) in [6, 6.07) is 0. The number of ether oxygens (including phenoxy) is 2. The number of hydrogen-bond acceptors (Lipinski definition) is 4. The average Bonchev–Trinajstić information content (AvgIpc) is 2.21. The van der Waals surface area contributed by atoms with E-state index in [-0.39, 0.29) is 13.2 Å². The lowest BCUT2D eigenvalue weighted by molar-refractivity contribution is 0.0650.